The summed E-state index contributed by atoms with van der Waals surface area (Å²) in [4.78, 5) is 39.2. The molecular weight excluding hydrogens is 1250 g/mol. The number of amides is 1. The number of nitrogens with one attached hydrogen (secondary N) is 1. The van der Waals surface area contributed by atoms with Crippen molar-refractivity contribution in [1.82, 2.24) is 5.32 Å². The van der Waals surface area contributed by atoms with Gasteiger partial charge >= 0.3 is 11.9 Å². The molecule has 1 heterocycles. The molecule has 16 heteroatoms. The van der Waals surface area contributed by atoms with Gasteiger partial charge < -0.3 is 35.8 Å². The van der Waals surface area contributed by atoms with E-state index in [1.165, 1.54) is 0 Å². The number of allylic oxidation sites excluding steroid dienone is 3. The smallest absolute Gasteiger partial charge is 0.312 e. The fourth-order valence-corrected chi connectivity index (χ4v) is 12.0. The number of carbonyl (C=O) groups excluding carboxylic acids is 3. The number of cyclic esters (lactones) is 1. The van der Waals surface area contributed by atoms with Gasteiger partial charge in [-0.2, -0.15) is 0 Å². The summed E-state index contributed by atoms with van der Waals surface area (Å²) in [5, 5.41) is 39.0. The molecule has 478 valence electrons. The van der Waals surface area contributed by atoms with Crippen molar-refractivity contribution in [2.45, 2.75) is 135 Å². The lowest BCUT2D eigenvalue weighted by Gasteiger charge is -2.41. The van der Waals surface area contributed by atoms with Crippen molar-refractivity contribution in [3.63, 3.8) is 0 Å². The fraction of sp³-hybridized carbons (Fsp3) is 0.384. The lowest BCUT2D eigenvalue weighted by molar-refractivity contribution is -0.171. The molecule has 1 fully saturated rings. The third-order valence-electron chi connectivity index (χ3n) is 16.7. The molecule has 0 radical (unpaired) electrons. The molecule has 89 heavy (non-hydrogen) atoms. The SMILES string of the molecule is C=CC[C@@](C)(C[C@H](c1cccc(Cl)c1)[C@@H](O)c1ccc(Cl)cc1)C(=O)N[C@H](CO)C(C)C.C=CC[C@@](C)(C[C@H](c1cccc(Cl)c1)[C@@H](O)c1ccc(Cl)cc1)C(=O)OC[C@@H](N)C(C)C.C=CC[C@@]1(C)C[C@H](c2cccc(Cl)c2)[C@H](c2ccc(Cl)cc2)OC1=O. The van der Waals surface area contributed by atoms with Gasteiger partial charge in [0.2, 0.25) is 5.91 Å². The summed E-state index contributed by atoms with van der Waals surface area (Å²) in [5.41, 5.74) is 8.80. The first-order valence-electron chi connectivity index (χ1n) is 29.9. The van der Waals surface area contributed by atoms with E-state index in [4.69, 9.17) is 84.8 Å². The Kier molecular flexibility index (Phi) is 29.0. The van der Waals surface area contributed by atoms with Crippen LogP contribution in [-0.4, -0.2) is 58.5 Å². The van der Waals surface area contributed by atoms with Crippen LogP contribution in [0.5, 0.6) is 0 Å². The number of esters is 2. The van der Waals surface area contributed by atoms with Crippen molar-refractivity contribution >= 4 is 87.5 Å². The minimum Gasteiger partial charge on any atom is -0.464 e. The molecule has 6 aromatic rings. The average Bonchev–Trinajstić information content (AvgIpc) is 1.83. The Morgan fingerprint density at radius 3 is 1.52 bits per heavy atom. The molecule has 1 amide bonds. The molecular formula is C73H86Cl6N2O8. The van der Waals surface area contributed by atoms with Crippen LogP contribution in [0.1, 0.15) is 156 Å². The van der Waals surface area contributed by atoms with Crippen molar-refractivity contribution < 1.29 is 39.2 Å². The number of carbonyl (C=O) groups is 3. The van der Waals surface area contributed by atoms with Crippen LogP contribution in [0.15, 0.2) is 184 Å². The van der Waals surface area contributed by atoms with E-state index >= 15 is 0 Å². The lowest BCUT2D eigenvalue weighted by Crippen LogP contribution is -2.48. The Morgan fingerprint density at radius 2 is 1.09 bits per heavy atom. The zero-order valence-corrected chi connectivity index (χ0v) is 56.4. The third-order valence-corrected chi connectivity index (χ3v) is 18.2. The van der Waals surface area contributed by atoms with Gasteiger partial charge in [-0.15, -0.1) is 19.7 Å². The first-order chi connectivity index (χ1) is 42.1. The quantitative estimate of drug-likeness (QED) is 0.0262. The van der Waals surface area contributed by atoms with Gasteiger partial charge in [0.1, 0.15) is 12.7 Å². The predicted molar refractivity (Wildman–Crippen MR) is 366 cm³/mol. The second kappa shape index (κ2) is 34.8. The highest BCUT2D eigenvalue weighted by Gasteiger charge is 2.47. The van der Waals surface area contributed by atoms with Gasteiger partial charge in [-0.3, -0.25) is 14.4 Å². The van der Waals surface area contributed by atoms with E-state index in [1.54, 1.807) is 78.9 Å². The largest absolute Gasteiger partial charge is 0.464 e. The van der Waals surface area contributed by atoms with Crippen LogP contribution in [-0.2, 0) is 23.9 Å². The molecule has 1 aliphatic rings. The van der Waals surface area contributed by atoms with E-state index in [0.717, 1.165) is 22.3 Å². The van der Waals surface area contributed by atoms with Crippen molar-refractivity contribution in [2.75, 3.05) is 13.2 Å². The second-order valence-corrected chi connectivity index (χ2v) is 27.3. The Labute approximate surface area is 557 Å². The maximum absolute atomic E-state index is 13.4. The summed E-state index contributed by atoms with van der Waals surface area (Å²) in [6.45, 7) is 25.0. The maximum Gasteiger partial charge on any atom is 0.312 e. The van der Waals surface area contributed by atoms with Gasteiger partial charge in [-0.1, -0.05) is 195 Å². The molecule has 0 spiro atoms. The second-order valence-electron chi connectivity index (χ2n) is 24.6. The van der Waals surface area contributed by atoms with Crippen molar-refractivity contribution in [1.29, 1.82) is 0 Å². The number of aliphatic hydroxyl groups is 3. The molecule has 11 atom stereocenters. The lowest BCUT2D eigenvalue weighted by atomic mass is 9.71. The molecule has 10 nitrogen and oxygen atoms in total. The number of aliphatic hydroxyl groups excluding tert-OH is 3. The standard InChI is InChI=1S/2C26H33Cl2NO3.C21H20Cl2O2/c1-5-13-26(4,25(31)32-16-23(29)17(2)3)15-22(19-7-6-8-21(28)14-19)24(30)18-9-11-20(27)12-10-18;1-5-13-26(4,25(32)29-23(16-30)17(2)3)15-22(19-7-6-8-21(28)14-19)24(31)18-9-11-20(27)12-10-18;1-3-11-21(2)13-18(15-5-4-6-17(23)12-15)19(25-20(21)24)14-7-9-16(22)10-8-14/h5-12,14,17,22-24,30H,1,13,15-16,29H2,2-4H3;5-12,14,17,22-24,30-31H,1,13,15-16H2,2-4H3,(H,29,32);3-10,12,18-19H,1,11,13H2,2H3/t2*22-,23-,24+,26+;18-,19+,21+/m111/s1. The van der Waals surface area contributed by atoms with Gasteiger partial charge in [0.15, 0.2) is 0 Å². The fourth-order valence-electron chi connectivity index (χ4n) is 11.0. The zero-order valence-electron chi connectivity index (χ0n) is 51.9. The molecule has 0 aromatic heterocycles. The van der Waals surface area contributed by atoms with Crippen LogP contribution in [0.2, 0.25) is 30.1 Å². The van der Waals surface area contributed by atoms with Gasteiger partial charge in [0, 0.05) is 53.9 Å². The van der Waals surface area contributed by atoms with E-state index in [2.05, 4.69) is 25.1 Å². The van der Waals surface area contributed by atoms with E-state index in [9.17, 15) is 29.7 Å². The number of hydrogen-bond donors (Lipinski definition) is 5. The number of nitrogens with two attached hydrogens (primary N) is 1. The molecule has 1 saturated heterocycles. The van der Waals surface area contributed by atoms with Crippen LogP contribution >= 0.6 is 69.6 Å². The van der Waals surface area contributed by atoms with E-state index in [1.807, 2.05) is 133 Å². The van der Waals surface area contributed by atoms with Crippen molar-refractivity contribution in [3.8, 4) is 0 Å². The summed E-state index contributed by atoms with van der Waals surface area (Å²) in [6.07, 6.45) is 5.83. The normalized spacial score (nSPS) is 18.9. The predicted octanol–water partition coefficient (Wildman–Crippen LogP) is 18.6. The number of halogens is 6. The Balaban J connectivity index is 0.000000245. The van der Waals surface area contributed by atoms with Crippen LogP contribution in [0.4, 0.5) is 0 Å². The molecule has 6 N–H and O–H groups in total. The summed E-state index contributed by atoms with van der Waals surface area (Å²) in [7, 11) is 0. The highest BCUT2D eigenvalue weighted by molar-refractivity contribution is 6.32. The van der Waals surface area contributed by atoms with Crippen LogP contribution in [0, 0.1) is 28.1 Å². The zero-order chi connectivity index (χ0) is 65.8. The number of hydrogen-bond acceptors (Lipinski definition) is 9. The summed E-state index contributed by atoms with van der Waals surface area (Å²) >= 11 is 36.8. The van der Waals surface area contributed by atoms with Crippen molar-refractivity contribution in [2.24, 2.45) is 33.8 Å². The molecule has 0 unspecified atom stereocenters. The number of rotatable bonds is 26. The first kappa shape index (κ1) is 74.3. The Hall–Kier alpha value is -5.47. The molecule has 0 saturated carbocycles. The monoisotopic (exact) mass is 1330 g/mol. The van der Waals surface area contributed by atoms with Gasteiger partial charge in [-0.05, 0) is 170 Å². The highest BCUT2D eigenvalue weighted by atomic mass is 35.5. The third kappa shape index (κ3) is 21.3. The van der Waals surface area contributed by atoms with Crippen molar-refractivity contribution in [3.05, 3.63) is 247 Å². The van der Waals surface area contributed by atoms with Gasteiger partial charge in [0.05, 0.1) is 41.1 Å². The molecule has 0 bridgehead atoms. The highest BCUT2D eigenvalue weighted by Crippen LogP contribution is 2.50. The topological polar surface area (TPSA) is 168 Å². The minimum atomic E-state index is -0.904. The van der Waals surface area contributed by atoms with Gasteiger partial charge in [-0.25, -0.2) is 0 Å². The molecule has 1 aliphatic heterocycles. The Bertz CT molecular complexity index is 3270. The van der Waals surface area contributed by atoms with Gasteiger partial charge in [0.25, 0.3) is 0 Å². The average molecular weight is 1330 g/mol. The molecule has 6 aromatic carbocycles. The van der Waals surface area contributed by atoms with E-state index < -0.39 is 40.3 Å². The van der Waals surface area contributed by atoms with E-state index in [0.29, 0.717) is 79.8 Å². The van der Waals surface area contributed by atoms with Crippen LogP contribution < -0.4 is 11.1 Å². The number of ether oxygens (including phenoxy) is 2. The minimum absolute atomic E-state index is 0.0162. The summed E-state index contributed by atoms with van der Waals surface area (Å²) < 4.78 is 11.5. The maximum atomic E-state index is 13.4. The molecule has 0 aliphatic carbocycles. The Morgan fingerprint density at radius 1 is 0.640 bits per heavy atom. The van der Waals surface area contributed by atoms with Crippen LogP contribution in [0.3, 0.4) is 0 Å². The first-order valence-corrected chi connectivity index (χ1v) is 32.1. The molecule has 7 rings (SSSR count). The summed E-state index contributed by atoms with van der Waals surface area (Å²) in [5.74, 6) is -1.25. The van der Waals surface area contributed by atoms with E-state index in [-0.39, 0.29) is 67.0 Å². The summed E-state index contributed by atoms with van der Waals surface area (Å²) in [6, 6.07) is 43.4. The van der Waals surface area contributed by atoms with Crippen LogP contribution in [0.25, 0.3) is 0 Å². The number of benzene rings is 6.